The molecule has 2 aromatic rings. The van der Waals surface area contributed by atoms with E-state index in [4.69, 9.17) is 16.3 Å². The number of nitrogens with zero attached hydrogens (tertiary/aromatic N) is 1. The molecule has 1 N–H and O–H groups in total. The maximum absolute atomic E-state index is 12.9. The van der Waals surface area contributed by atoms with Crippen molar-refractivity contribution in [3.05, 3.63) is 64.2 Å². The van der Waals surface area contributed by atoms with Crippen molar-refractivity contribution in [2.75, 3.05) is 13.7 Å². The molecule has 3 rings (SSSR count). The Bertz CT molecular complexity index is 897. The van der Waals surface area contributed by atoms with Crippen LogP contribution in [0, 0.1) is 0 Å². The fraction of sp³-hybridized carbons (Fsp3) is 0.263. The first kappa shape index (κ1) is 19.4. The number of amidine groups is 1. The van der Waals surface area contributed by atoms with Gasteiger partial charge in [0.25, 0.3) is 5.91 Å². The third-order valence-corrected chi connectivity index (χ3v) is 4.60. The van der Waals surface area contributed by atoms with Gasteiger partial charge in [0.2, 0.25) is 0 Å². The molecule has 1 atom stereocenters. The molecule has 0 saturated carbocycles. The van der Waals surface area contributed by atoms with E-state index in [1.165, 1.54) is 0 Å². The lowest BCUT2D eigenvalue weighted by atomic mass is 9.96. The van der Waals surface area contributed by atoms with Crippen molar-refractivity contribution in [3.63, 3.8) is 0 Å². The van der Waals surface area contributed by atoms with Crippen molar-refractivity contribution >= 4 is 29.0 Å². The zero-order chi connectivity index (χ0) is 19.6. The smallest absolute Gasteiger partial charge is 0.385 e. The molecule has 1 amide bonds. The van der Waals surface area contributed by atoms with Gasteiger partial charge in [0.1, 0.15) is 5.84 Å². The van der Waals surface area contributed by atoms with Crippen LogP contribution in [0.3, 0.4) is 0 Å². The number of amides is 1. The molecule has 142 valence electrons. The van der Waals surface area contributed by atoms with Gasteiger partial charge in [0, 0.05) is 19.6 Å². The van der Waals surface area contributed by atoms with Crippen LogP contribution >= 0.6 is 11.6 Å². The highest BCUT2D eigenvalue weighted by molar-refractivity contribution is 6.34. The van der Waals surface area contributed by atoms with E-state index in [1.54, 1.807) is 7.11 Å². The number of methoxy groups -OCH3 is 1. The normalized spacial score (nSPS) is 16.0. The molecule has 27 heavy (non-hydrogen) atoms. The number of para-hydroxylation sites is 1. The second-order valence-electron chi connectivity index (χ2n) is 6.04. The van der Waals surface area contributed by atoms with Gasteiger partial charge < -0.3 is 10.1 Å². The lowest BCUT2D eigenvalue weighted by molar-refractivity contribution is -0.137. The van der Waals surface area contributed by atoms with Crippen LogP contribution in [0.5, 0.6) is 0 Å². The third-order valence-electron chi connectivity index (χ3n) is 4.27. The minimum absolute atomic E-state index is 0.0648. The van der Waals surface area contributed by atoms with E-state index in [-0.39, 0.29) is 16.5 Å². The van der Waals surface area contributed by atoms with E-state index in [1.807, 2.05) is 24.3 Å². The average Bonchev–Trinajstić information content (AvgIpc) is 2.96. The maximum Gasteiger partial charge on any atom is 0.416 e. The van der Waals surface area contributed by atoms with Crippen molar-refractivity contribution in [3.8, 4) is 0 Å². The molecule has 0 saturated heterocycles. The fourth-order valence-corrected chi connectivity index (χ4v) is 3.14. The summed E-state index contributed by atoms with van der Waals surface area (Å²) in [6.45, 7) is 0.443. The number of nitrogens with one attached hydrogen (secondary N) is 1. The predicted molar refractivity (Wildman–Crippen MR) is 96.7 cm³/mol. The molecule has 0 fully saturated rings. The molecule has 0 radical (unpaired) electrons. The van der Waals surface area contributed by atoms with Crippen molar-refractivity contribution in [2.24, 2.45) is 4.99 Å². The second kappa shape index (κ2) is 7.70. The van der Waals surface area contributed by atoms with Gasteiger partial charge in [0.05, 0.1) is 21.8 Å². The van der Waals surface area contributed by atoms with Crippen LogP contribution in [0.15, 0.2) is 47.5 Å². The van der Waals surface area contributed by atoms with E-state index in [9.17, 15) is 18.0 Å². The summed E-state index contributed by atoms with van der Waals surface area (Å²) in [7, 11) is 1.57. The molecule has 1 aliphatic heterocycles. The van der Waals surface area contributed by atoms with Crippen molar-refractivity contribution in [2.45, 2.75) is 18.5 Å². The van der Waals surface area contributed by atoms with Crippen LogP contribution in [-0.4, -0.2) is 25.5 Å². The molecule has 0 aliphatic carbocycles. The number of carbonyl (C=O) groups excluding carboxylic acids is 1. The summed E-state index contributed by atoms with van der Waals surface area (Å²) in [5, 5.41) is 2.56. The fourth-order valence-electron chi connectivity index (χ4n) is 2.94. The van der Waals surface area contributed by atoms with Crippen LogP contribution in [0.25, 0.3) is 0 Å². The van der Waals surface area contributed by atoms with Gasteiger partial charge in [-0.15, -0.1) is 0 Å². The van der Waals surface area contributed by atoms with Gasteiger partial charge in [-0.2, -0.15) is 13.2 Å². The molecule has 0 bridgehead atoms. The number of ether oxygens (including phenoxy) is 1. The molecular weight excluding hydrogens is 381 g/mol. The predicted octanol–water partition coefficient (Wildman–Crippen LogP) is 4.95. The van der Waals surface area contributed by atoms with E-state index in [0.29, 0.717) is 24.6 Å². The highest BCUT2D eigenvalue weighted by atomic mass is 35.5. The van der Waals surface area contributed by atoms with Gasteiger partial charge in [0.15, 0.2) is 0 Å². The monoisotopic (exact) mass is 396 g/mol. The van der Waals surface area contributed by atoms with Gasteiger partial charge in [-0.1, -0.05) is 29.8 Å². The van der Waals surface area contributed by atoms with Crippen LogP contribution in [0.4, 0.5) is 18.9 Å². The van der Waals surface area contributed by atoms with Gasteiger partial charge in [-0.25, -0.2) is 4.99 Å². The van der Waals surface area contributed by atoms with Crippen LogP contribution < -0.4 is 5.32 Å². The van der Waals surface area contributed by atoms with Crippen molar-refractivity contribution < 1.29 is 22.7 Å². The number of alkyl halides is 3. The number of benzene rings is 2. The zero-order valence-electron chi connectivity index (χ0n) is 14.3. The van der Waals surface area contributed by atoms with Gasteiger partial charge in [-0.05, 0) is 36.2 Å². The van der Waals surface area contributed by atoms with Crippen LogP contribution in [-0.2, 0) is 10.9 Å². The number of hydrogen-bond acceptors (Lipinski definition) is 3. The Hall–Kier alpha value is -2.38. The first-order valence-electron chi connectivity index (χ1n) is 8.16. The highest BCUT2D eigenvalue weighted by Crippen LogP contribution is 2.37. The Kier molecular flexibility index (Phi) is 5.53. The second-order valence-corrected chi connectivity index (χ2v) is 6.44. The SMILES string of the molecule is COCCC1C(NC(=O)c2cc(C(F)(F)F)ccc2Cl)=Nc2ccccc21. The summed E-state index contributed by atoms with van der Waals surface area (Å²) in [4.78, 5) is 17.0. The first-order valence-corrected chi connectivity index (χ1v) is 8.53. The largest absolute Gasteiger partial charge is 0.416 e. The minimum atomic E-state index is -4.57. The summed E-state index contributed by atoms with van der Waals surface area (Å²) in [6, 6.07) is 10.0. The lowest BCUT2D eigenvalue weighted by Crippen LogP contribution is -2.34. The van der Waals surface area contributed by atoms with Crippen molar-refractivity contribution in [1.29, 1.82) is 0 Å². The van der Waals surface area contributed by atoms with Crippen molar-refractivity contribution in [1.82, 2.24) is 5.32 Å². The molecule has 2 aromatic carbocycles. The third kappa shape index (κ3) is 4.14. The molecule has 1 aliphatic rings. The number of aliphatic imine (C=N–C) groups is 1. The zero-order valence-corrected chi connectivity index (χ0v) is 15.1. The van der Waals surface area contributed by atoms with E-state index in [2.05, 4.69) is 10.3 Å². The maximum atomic E-state index is 12.9. The first-order chi connectivity index (χ1) is 12.8. The molecule has 8 heteroatoms. The Morgan fingerprint density at radius 1 is 1.26 bits per heavy atom. The molecule has 4 nitrogen and oxygen atoms in total. The number of hydrogen-bond donors (Lipinski definition) is 1. The number of halogens is 4. The van der Waals surface area contributed by atoms with E-state index < -0.39 is 17.6 Å². The van der Waals surface area contributed by atoms with Gasteiger partial charge in [-0.3, -0.25) is 4.79 Å². The number of fused-ring (bicyclic) bond motifs is 1. The quantitative estimate of drug-likeness (QED) is 0.794. The topological polar surface area (TPSA) is 50.7 Å². The number of rotatable bonds is 4. The summed E-state index contributed by atoms with van der Waals surface area (Å²) in [5.41, 5.74) is 0.448. The molecular formula is C19H16ClF3N2O2. The van der Waals surface area contributed by atoms with E-state index >= 15 is 0 Å². The summed E-state index contributed by atoms with van der Waals surface area (Å²) in [6.07, 6.45) is -4.00. The Morgan fingerprint density at radius 2 is 2.00 bits per heavy atom. The summed E-state index contributed by atoms with van der Waals surface area (Å²) >= 11 is 5.95. The lowest BCUT2D eigenvalue weighted by Gasteiger charge is -2.16. The van der Waals surface area contributed by atoms with Crippen LogP contribution in [0.1, 0.15) is 33.8 Å². The van der Waals surface area contributed by atoms with Gasteiger partial charge >= 0.3 is 6.18 Å². The standard InChI is InChI=1S/C19H16ClF3N2O2/c1-27-9-8-13-12-4-2-3-5-16(12)24-17(13)25-18(26)14-10-11(19(21,22)23)6-7-15(14)20/h2-7,10,13H,8-9H2,1H3,(H,24,25,26). The minimum Gasteiger partial charge on any atom is -0.385 e. The Morgan fingerprint density at radius 3 is 2.70 bits per heavy atom. The summed E-state index contributed by atoms with van der Waals surface area (Å²) in [5.74, 6) is -0.582. The highest BCUT2D eigenvalue weighted by Gasteiger charge is 2.33. The van der Waals surface area contributed by atoms with E-state index in [0.717, 1.165) is 23.8 Å². The molecule has 1 unspecified atom stereocenters. The average molecular weight is 397 g/mol. The molecule has 1 heterocycles. The molecule has 0 spiro atoms. The number of carbonyl (C=O) groups is 1. The Balaban J connectivity index is 1.87. The van der Waals surface area contributed by atoms with Crippen LogP contribution in [0.2, 0.25) is 5.02 Å². The summed E-state index contributed by atoms with van der Waals surface area (Å²) < 4.78 is 43.9. The Labute approximate surface area is 159 Å². The molecule has 0 aromatic heterocycles.